The van der Waals surface area contributed by atoms with Crippen LogP contribution in [0.2, 0.25) is 0 Å². The van der Waals surface area contributed by atoms with Crippen molar-refractivity contribution in [2.45, 2.75) is 58.9 Å². The molecule has 1 aliphatic rings. The lowest BCUT2D eigenvalue weighted by Crippen LogP contribution is -2.50. The van der Waals surface area contributed by atoms with Crippen LogP contribution in [-0.2, 0) is 6.42 Å². The van der Waals surface area contributed by atoms with Gasteiger partial charge in [0.1, 0.15) is 5.75 Å². The van der Waals surface area contributed by atoms with E-state index < -0.39 is 0 Å². The van der Waals surface area contributed by atoms with Crippen molar-refractivity contribution >= 4 is 0 Å². The first-order chi connectivity index (χ1) is 8.81. The van der Waals surface area contributed by atoms with Gasteiger partial charge in [-0.25, -0.2) is 0 Å². The largest absolute Gasteiger partial charge is 0.496 e. The van der Waals surface area contributed by atoms with E-state index in [1.807, 2.05) is 13.1 Å². The Hall–Kier alpha value is -1.09. The molecule has 19 heavy (non-hydrogen) atoms. The lowest BCUT2D eigenvalue weighted by atomic mass is 9.72. The molecule has 1 unspecified atom stereocenters. The molecule has 0 aromatic carbocycles. The maximum absolute atomic E-state index is 6.69. The molecule has 3 nitrogen and oxygen atoms in total. The second-order valence-corrected chi connectivity index (χ2v) is 6.62. The first-order valence-corrected chi connectivity index (χ1v) is 7.09. The summed E-state index contributed by atoms with van der Waals surface area (Å²) in [7, 11) is 1.72. The molecule has 1 heterocycles. The van der Waals surface area contributed by atoms with Gasteiger partial charge in [-0.05, 0) is 32.1 Å². The molecular weight excluding hydrogens is 236 g/mol. The molecule has 0 amide bonds. The van der Waals surface area contributed by atoms with Crippen LogP contribution in [-0.4, -0.2) is 17.6 Å². The highest BCUT2D eigenvalue weighted by atomic mass is 16.5. The van der Waals surface area contributed by atoms with Crippen LogP contribution in [0.5, 0.6) is 5.75 Å². The number of ether oxygens (including phenoxy) is 1. The molecule has 1 aliphatic carbocycles. The van der Waals surface area contributed by atoms with E-state index in [1.54, 1.807) is 7.11 Å². The van der Waals surface area contributed by atoms with Gasteiger partial charge in [0, 0.05) is 35.0 Å². The van der Waals surface area contributed by atoms with Crippen molar-refractivity contribution in [1.29, 1.82) is 0 Å². The van der Waals surface area contributed by atoms with Gasteiger partial charge in [-0.1, -0.05) is 20.3 Å². The number of nitrogens with two attached hydrogens (primary N) is 1. The van der Waals surface area contributed by atoms with Gasteiger partial charge in [-0.3, -0.25) is 4.98 Å². The fourth-order valence-electron chi connectivity index (χ4n) is 3.31. The molecule has 1 aromatic heterocycles. The molecule has 106 valence electrons. The van der Waals surface area contributed by atoms with Crippen LogP contribution in [0.15, 0.2) is 6.20 Å². The van der Waals surface area contributed by atoms with E-state index in [1.165, 1.54) is 12.8 Å². The number of hydrogen-bond acceptors (Lipinski definition) is 3. The minimum absolute atomic E-state index is 0.148. The fraction of sp³-hybridized carbons (Fsp3) is 0.688. The second kappa shape index (κ2) is 4.78. The maximum atomic E-state index is 6.69. The zero-order valence-electron chi connectivity index (χ0n) is 12.8. The van der Waals surface area contributed by atoms with E-state index in [0.717, 1.165) is 35.4 Å². The first kappa shape index (κ1) is 14.3. The first-order valence-electron chi connectivity index (χ1n) is 7.09. The number of nitrogens with zero attached hydrogens (tertiary/aromatic N) is 1. The Labute approximate surface area is 116 Å². The van der Waals surface area contributed by atoms with E-state index in [-0.39, 0.29) is 11.0 Å². The van der Waals surface area contributed by atoms with Gasteiger partial charge in [0.05, 0.1) is 7.11 Å². The van der Waals surface area contributed by atoms with Gasteiger partial charge < -0.3 is 10.5 Å². The van der Waals surface area contributed by atoms with Crippen LogP contribution < -0.4 is 10.5 Å². The normalized spacial score (nSPS) is 25.6. The van der Waals surface area contributed by atoms with E-state index in [9.17, 15) is 0 Å². The summed E-state index contributed by atoms with van der Waals surface area (Å²) in [5.74, 6) is 0.949. The van der Waals surface area contributed by atoms with Crippen molar-refractivity contribution < 1.29 is 4.74 Å². The van der Waals surface area contributed by atoms with Crippen molar-refractivity contribution in [3.63, 3.8) is 0 Å². The average Bonchev–Trinajstić information content (AvgIpc) is 2.58. The lowest BCUT2D eigenvalue weighted by Gasteiger charge is -2.38. The summed E-state index contributed by atoms with van der Waals surface area (Å²) in [4.78, 5) is 4.60. The Morgan fingerprint density at radius 2 is 2.00 bits per heavy atom. The summed E-state index contributed by atoms with van der Waals surface area (Å²) < 4.78 is 5.48. The van der Waals surface area contributed by atoms with Crippen molar-refractivity contribution in [3.05, 3.63) is 23.0 Å². The van der Waals surface area contributed by atoms with Gasteiger partial charge in [0.25, 0.3) is 0 Å². The van der Waals surface area contributed by atoms with Gasteiger partial charge in [-0.15, -0.1) is 0 Å². The Kier molecular flexibility index (Phi) is 3.61. The SMILES string of the molecule is COc1c(C)cnc(CC2(N)CCCC2(C)C)c1C. The Morgan fingerprint density at radius 3 is 2.53 bits per heavy atom. The molecule has 2 rings (SSSR count). The molecule has 0 radical (unpaired) electrons. The molecule has 0 bridgehead atoms. The van der Waals surface area contributed by atoms with Crippen molar-refractivity contribution in [2.24, 2.45) is 11.1 Å². The monoisotopic (exact) mass is 262 g/mol. The summed E-state index contributed by atoms with van der Waals surface area (Å²) >= 11 is 0. The summed E-state index contributed by atoms with van der Waals surface area (Å²) in [5, 5.41) is 0. The molecule has 1 saturated carbocycles. The molecule has 2 N–H and O–H groups in total. The van der Waals surface area contributed by atoms with Gasteiger partial charge in [0.15, 0.2) is 0 Å². The predicted molar refractivity (Wildman–Crippen MR) is 78.5 cm³/mol. The minimum Gasteiger partial charge on any atom is -0.496 e. The van der Waals surface area contributed by atoms with Gasteiger partial charge in [-0.2, -0.15) is 0 Å². The van der Waals surface area contributed by atoms with Crippen LogP contribution in [0, 0.1) is 19.3 Å². The van der Waals surface area contributed by atoms with E-state index in [0.29, 0.717) is 0 Å². The standard InChI is InChI=1S/C16H26N2O/c1-11-10-18-13(12(2)14(11)19-5)9-16(17)8-6-7-15(16,3)4/h10H,6-9,17H2,1-5H3. The lowest BCUT2D eigenvalue weighted by molar-refractivity contribution is 0.205. The van der Waals surface area contributed by atoms with Gasteiger partial charge in [0.2, 0.25) is 0 Å². The van der Waals surface area contributed by atoms with Crippen LogP contribution in [0.3, 0.4) is 0 Å². The minimum atomic E-state index is -0.148. The predicted octanol–water partition coefficient (Wildman–Crippen LogP) is 3.16. The average molecular weight is 262 g/mol. The van der Waals surface area contributed by atoms with E-state index in [2.05, 4.69) is 25.8 Å². The summed E-state index contributed by atoms with van der Waals surface area (Å²) in [5.41, 5.74) is 10.0. The Morgan fingerprint density at radius 1 is 1.32 bits per heavy atom. The number of pyridine rings is 1. The highest BCUT2D eigenvalue weighted by Gasteiger charge is 2.46. The summed E-state index contributed by atoms with van der Waals surface area (Å²) in [6.45, 7) is 8.67. The molecule has 1 aromatic rings. The van der Waals surface area contributed by atoms with Crippen molar-refractivity contribution in [1.82, 2.24) is 4.98 Å². The number of hydrogen-bond donors (Lipinski definition) is 1. The van der Waals surface area contributed by atoms with Gasteiger partial charge >= 0.3 is 0 Å². The number of methoxy groups -OCH3 is 1. The zero-order valence-corrected chi connectivity index (χ0v) is 12.8. The fourth-order valence-corrected chi connectivity index (χ4v) is 3.31. The van der Waals surface area contributed by atoms with E-state index >= 15 is 0 Å². The van der Waals surface area contributed by atoms with E-state index in [4.69, 9.17) is 10.5 Å². The third-order valence-electron chi connectivity index (χ3n) is 5.01. The second-order valence-electron chi connectivity index (χ2n) is 6.62. The molecule has 1 fully saturated rings. The topological polar surface area (TPSA) is 48.1 Å². The van der Waals surface area contributed by atoms with Crippen LogP contribution in [0.4, 0.5) is 0 Å². The Bertz CT molecular complexity index is 482. The summed E-state index contributed by atoms with van der Waals surface area (Å²) in [6.07, 6.45) is 6.23. The van der Waals surface area contributed by atoms with Crippen molar-refractivity contribution in [3.8, 4) is 5.75 Å². The zero-order chi connectivity index (χ0) is 14.3. The smallest absolute Gasteiger partial charge is 0.128 e. The molecular formula is C16H26N2O. The van der Waals surface area contributed by atoms with Crippen LogP contribution in [0.25, 0.3) is 0 Å². The maximum Gasteiger partial charge on any atom is 0.128 e. The molecule has 0 spiro atoms. The third-order valence-corrected chi connectivity index (χ3v) is 5.01. The molecule has 0 aliphatic heterocycles. The highest BCUT2D eigenvalue weighted by molar-refractivity contribution is 5.41. The third kappa shape index (κ3) is 2.36. The summed E-state index contributed by atoms with van der Waals surface area (Å²) in [6, 6.07) is 0. The number of rotatable bonds is 3. The van der Waals surface area contributed by atoms with Crippen molar-refractivity contribution in [2.75, 3.05) is 7.11 Å². The van der Waals surface area contributed by atoms with Crippen LogP contribution in [0.1, 0.15) is 49.9 Å². The molecule has 0 saturated heterocycles. The number of aromatic nitrogens is 1. The van der Waals surface area contributed by atoms with Crippen LogP contribution >= 0.6 is 0 Å². The quantitative estimate of drug-likeness (QED) is 0.910. The number of aryl methyl sites for hydroxylation is 1. The highest BCUT2D eigenvalue weighted by Crippen LogP contribution is 2.46. The molecule has 1 atom stereocenters. The Balaban J connectivity index is 2.34. The molecule has 3 heteroatoms.